The molecule has 21 heavy (non-hydrogen) atoms. The van der Waals surface area contributed by atoms with Crippen LogP contribution in [0.1, 0.15) is 30.7 Å². The first-order valence-corrected chi connectivity index (χ1v) is 7.26. The van der Waals surface area contributed by atoms with Crippen molar-refractivity contribution in [1.29, 1.82) is 0 Å². The van der Waals surface area contributed by atoms with E-state index in [4.69, 9.17) is 0 Å². The van der Waals surface area contributed by atoms with E-state index in [1.54, 1.807) is 13.3 Å². The van der Waals surface area contributed by atoms with Gasteiger partial charge in [0.2, 0.25) is 0 Å². The molecule has 0 saturated heterocycles. The van der Waals surface area contributed by atoms with Crippen LogP contribution in [0, 0.1) is 0 Å². The molecule has 0 spiro atoms. The summed E-state index contributed by atoms with van der Waals surface area (Å²) in [6.45, 7) is 1.80. The lowest BCUT2D eigenvalue weighted by atomic mass is 9.92. The molecule has 108 valence electrons. The predicted molar refractivity (Wildman–Crippen MR) is 83.1 cm³/mol. The molecule has 2 N–H and O–H groups in total. The third kappa shape index (κ3) is 2.95. The number of aromatic amines is 1. The number of benzene rings is 2. The van der Waals surface area contributed by atoms with Gasteiger partial charge in [-0.25, -0.2) is 4.98 Å². The van der Waals surface area contributed by atoms with Gasteiger partial charge in [0.05, 0.1) is 6.10 Å². The van der Waals surface area contributed by atoms with Crippen LogP contribution in [-0.2, 0) is 6.42 Å². The van der Waals surface area contributed by atoms with Crippen LogP contribution in [0.5, 0.6) is 0 Å². The molecule has 0 aliphatic carbocycles. The van der Waals surface area contributed by atoms with Crippen LogP contribution in [0.4, 0.5) is 0 Å². The van der Waals surface area contributed by atoms with Crippen molar-refractivity contribution in [2.75, 3.05) is 0 Å². The van der Waals surface area contributed by atoms with Gasteiger partial charge in [-0.15, -0.1) is 0 Å². The summed E-state index contributed by atoms with van der Waals surface area (Å²) in [5, 5.41) is 19.3. The molecule has 0 unspecified atom stereocenters. The monoisotopic (exact) mass is 281 g/mol. The van der Waals surface area contributed by atoms with Gasteiger partial charge in [-0.3, -0.25) is 5.10 Å². The maximum atomic E-state index is 9.98. The first-order chi connectivity index (χ1) is 10.3. The highest BCUT2D eigenvalue weighted by Gasteiger charge is 2.21. The SMILES string of the molecule is C[C@H](O)[C@H](CCc1cccc2ccccc12)c1nc[nH]n1. The van der Waals surface area contributed by atoms with E-state index in [-0.39, 0.29) is 5.92 Å². The number of aliphatic hydroxyl groups is 1. The first-order valence-electron chi connectivity index (χ1n) is 7.26. The van der Waals surface area contributed by atoms with Crippen LogP contribution >= 0.6 is 0 Å². The Balaban J connectivity index is 1.82. The third-order valence-corrected chi connectivity index (χ3v) is 3.95. The average Bonchev–Trinajstić information content (AvgIpc) is 3.01. The first kappa shape index (κ1) is 13.8. The Morgan fingerprint density at radius 3 is 2.71 bits per heavy atom. The minimum Gasteiger partial charge on any atom is -0.393 e. The third-order valence-electron chi connectivity index (χ3n) is 3.95. The zero-order valence-electron chi connectivity index (χ0n) is 12.0. The summed E-state index contributed by atoms with van der Waals surface area (Å²) in [7, 11) is 0. The standard InChI is InChI=1S/C17H19N3O/c1-12(21)15(17-18-11-19-20-17)10-9-14-7-4-6-13-5-2-3-8-16(13)14/h2-8,11-12,15,21H,9-10H2,1H3,(H,18,19,20)/t12-,15-/m0/s1. The minimum atomic E-state index is -0.462. The van der Waals surface area contributed by atoms with Gasteiger partial charge in [0.15, 0.2) is 5.82 Å². The second kappa shape index (κ2) is 6.06. The maximum absolute atomic E-state index is 9.98. The molecular formula is C17H19N3O. The van der Waals surface area contributed by atoms with E-state index in [9.17, 15) is 5.11 Å². The Hall–Kier alpha value is -2.20. The maximum Gasteiger partial charge on any atom is 0.155 e. The quantitative estimate of drug-likeness (QED) is 0.755. The van der Waals surface area contributed by atoms with Gasteiger partial charge in [0, 0.05) is 5.92 Å². The fraction of sp³-hybridized carbons (Fsp3) is 0.294. The largest absolute Gasteiger partial charge is 0.393 e. The topological polar surface area (TPSA) is 61.8 Å². The van der Waals surface area contributed by atoms with Crippen LogP contribution < -0.4 is 0 Å². The van der Waals surface area contributed by atoms with Crippen molar-refractivity contribution in [1.82, 2.24) is 15.2 Å². The molecule has 0 fully saturated rings. The Morgan fingerprint density at radius 2 is 1.95 bits per heavy atom. The van der Waals surface area contributed by atoms with Gasteiger partial charge in [0.25, 0.3) is 0 Å². The molecule has 2 atom stereocenters. The number of fused-ring (bicyclic) bond motifs is 1. The highest BCUT2D eigenvalue weighted by Crippen LogP contribution is 2.25. The van der Waals surface area contributed by atoms with Crippen LogP contribution in [0.2, 0.25) is 0 Å². The van der Waals surface area contributed by atoms with E-state index in [0.717, 1.165) is 12.8 Å². The second-order valence-electron chi connectivity index (χ2n) is 5.38. The van der Waals surface area contributed by atoms with E-state index in [1.165, 1.54) is 16.3 Å². The van der Waals surface area contributed by atoms with Crippen molar-refractivity contribution in [2.24, 2.45) is 0 Å². The van der Waals surface area contributed by atoms with Crippen molar-refractivity contribution >= 4 is 10.8 Å². The molecule has 4 nitrogen and oxygen atoms in total. The highest BCUT2D eigenvalue weighted by atomic mass is 16.3. The summed E-state index contributed by atoms with van der Waals surface area (Å²) in [6.07, 6.45) is 2.81. The molecule has 2 aromatic carbocycles. The van der Waals surface area contributed by atoms with Gasteiger partial charge in [-0.2, -0.15) is 5.10 Å². The molecule has 1 heterocycles. The summed E-state index contributed by atoms with van der Waals surface area (Å²) in [4.78, 5) is 4.19. The molecule has 0 bridgehead atoms. The molecule has 4 heteroatoms. The van der Waals surface area contributed by atoms with Crippen LogP contribution in [0.25, 0.3) is 10.8 Å². The van der Waals surface area contributed by atoms with Crippen molar-refractivity contribution in [2.45, 2.75) is 31.8 Å². The Kier molecular flexibility index (Phi) is 3.97. The lowest BCUT2D eigenvalue weighted by molar-refractivity contribution is 0.154. The highest BCUT2D eigenvalue weighted by molar-refractivity contribution is 5.85. The van der Waals surface area contributed by atoms with Crippen molar-refractivity contribution in [3.63, 3.8) is 0 Å². The van der Waals surface area contributed by atoms with Crippen LogP contribution in [-0.4, -0.2) is 26.4 Å². The van der Waals surface area contributed by atoms with Gasteiger partial charge >= 0.3 is 0 Å². The number of H-pyrrole nitrogens is 1. The van der Waals surface area contributed by atoms with Crippen molar-refractivity contribution in [3.05, 3.63) is 60.2 Å². The number of rotatable bonds is 5. The second-order valence-corrected chi connectivity index (χ2v) is 5.38. The van der Waals surface area contributed by atoms with Crippen LogP contribution in [0.15, 0.2) is 48.8 Å². The number of hydrogen-bond acceptors (Lipinski definition) is 3. The number of aryl methyl sites for hydroxylation is 1. The normalized spacial score (nSPS) is 14.2. The Labute approximate surface area is 123 Å². The lowest BCUT2D eigenvalue weighted by Crippen LogP contribution is -2.17. The number of hydrogen-bond donors (Lipinski definition) is 2. The number of nitrogens with zero attached hydrogens (tertiary/aromatic N) is 2. The van der Waals surface area contributed by atoms with E-state index in [1.807, 2.05) is 0 Å². The summed E-state index contributed by atoms with van der Waals surface area (Å²) in [6, 6.07) is 14.8. The lowest BCUT2D eigenvalue weighted by Gasteiger charge is -2.17. The fourth-order valence-electron chi connectivity index (χ4n) is 2.81. The Morgan fingerprint density at radius 1 is 1.14 bits per heavy atom. The molecule has 0 aliphatic rings. The molecule has 1 aromatic heterocycles. The van der Waals surface area contributed by atoms with Crippen molar-refractivity contribution < 1.29 is 5.11 Å². The zero-order valence-corrected chi connectivity index (χ0v) is 12.0. The molecule has 0 aliphatic heterocycles. The summed E-state index contributed by atoms with van der Waals surface area (Å²) >= 11 is 0. The smallest absolute Gasteiger partial charge is 0.155 e. The van der Waals surface area contributed by atoms with Gasteiger partial charge < -0.3 is 5.11 Å². The van der Waals surface area contributed by atoms with Crippen molar-refractivity contribution in [3.8, 4) is 0 Å². The number of aliphatic hydroxyl groups excluding tert-OH is 1. The Bertz CT molecular complexity index is 702. The number of nitrogens with one attached hydrogen (secondary N) is 1. The molecule has 0 saturated carbocycles. The predicted octanol–water partition coefficient (Wildman–Crippen LogP) is 3.06. The molecule has 3 rings (SSSR count). The van der Waals surface area contributed by atoms with E-state index < -0.39 is 6.10 Å². The van der Waals surface area contributed by atoms with Gasteiger partial charge in [-0.05, 0) is 36.1 Å². The summed E-state index contributed by atoms with van der Waals surface area (Å²) < 4.78 is 0. The molecule has 3 aromatic rings. The molecular weight excluding hydrogens is 262 g/mol. The summed E-state index contributed by atoms with van der Waals surface area (Å²) in [5.74, 6) is 0.639. The molecule has 0 amide bonds. The van der Waals surface area contributed by atoms with Crippen LogP contribution in [0.3, 0.4) is 0 Å². The number of aromatic nitrogens is 3. The summed E-state index contributed by atoms with van der Waals surface area (Å²) in [5.41, 5.74) is 1.30. The average molecular weight is 281 g/mol. The van der Waals surface area contributed by atoms with Gasteiger partial charge in [-0.1, -0.05) is 42.5 Å². The molecule has 0 radical (unpaired) electrons. The fourth-order valence-corrected chi connectivity index (χ4v) is 2.81. The van der Waals surface area contributed by atoms with E-state index >= 15 is 0 Å². The minimum absolute atomic E-state index is 0.0461. The van der Waals surface area contributed by atoms with E-state index in [0.29, 0.717) is 5.82 Å². The van der Waals surface area contributed by atoms with Gasteiger partial charge in [0.1, 0.15) is 6.33 Å². The zero-order chi connectivity index (χ0) is 14.7. The van der Waals surface area contributed by atoms with E-state index in [2.05, 4.69) is 57.6 Å².